The van der Waals surface area contributed by atoms with E-state index >= 15 is 0 Å². The molecular formula is C22H40N4O3. The van der Waals surface area contributed by atoms with E-state index in [1.54, 1.807) is 0 Å². The molecule has 0 amide bonds. The molecule has 2 aliphatic rings. The molecule has 2 N–H and O–H groups in total. The highest BCUT2D eigenvalue weighted by atomic mass is 16.3. The quantitative estimate of drug-likeness (QED) is 0.733. The van der Waals surface area contributed by atoms with Gasteiger partial charge < -0.3 is 15.5 Å². The third-order valence-corrected chi connectivity index (χ3v) is 6.68. The van der Waals surface area contributed by atoms with Crippen molar-refractivity contribution in [2.75, 3.05) is 44.2 Å². The molecule has 0 bridgehead atoms. The maximum atomic E-state index is 13.0. The second kappa shape index (κ2) is 9.58. The van der Waals surface area contributed by atoms with E-state index in [2.05, 4.69) is 60.8 Å². The zero-order valence-electron chi connectivity index (χ0n) is 19.1. The topological polar surface area (TPSA) is 80.0 Å². The Labute approximate surface area is 175 Å². The minimum atomic E-state index is 0. The maximum absolute atomic E-state index is 13.0. The van der Waals surface area contributed by atoms with Crippen LogP contribution in [0.1, 0.15) is 54.4 Å². The minimum absolute atomic E-state index is 0. The molecular weight excluding hydrogens is 368 g/mol. The maximum Gasteiger partial charge on any atom is 0.294 e. The van der Waals surface area contributed by atoms with E-state index in [0.717, 1.165) is 52.1 Å². The van der Waals surface area contributed by atoms with Crippen LogP contribution in [0.4, 0.5) is 5.69 Å². The van der Waals surface area contributed by atoms with Crippen molar-refractivity contribution in [3.63, 3.8) is 0 Å². The van der Waals surface area contributed by atoms with Gasteiger partial charge in [0, 0.05) is 25.2 Å². The molecule has 166 valence electrons. The molecule has 2 aliphatic heterocycles. The van der Waals surface area contributed by atoms with E-state index in [4.69, 9.17) is 0 Å². The zero-order chi connectivity index (χ0) is 20.6. The van der Waals surface area contributed by atoms with Crippen LogP contribution in [0, 0.1) is 0 Å². The third kappa shape index (κ3) is 4.37. The normalized spacial score (nSPS) is 31.2. The average molecular weight is 409 g/mol. The summed E-state index contributed by atoms with van der Waals surface area (Å²) >= 11 is 0. The fourth-order valence-electron chi connectivity index (χ4n) is 5.44. The summed E-state index contributed by atoms with van der Waals surface area (Å²) in [6.45, 7) is 18.7. The van der Waals surface area contributed by atoms with Crippen molar-refractivity contribution in [3.8, 4) is 5.75 Å². The van der Waals surface area contributed by atoms with Crippen LogP contribution in [0.25, 0.3) is 0 Å². The first-order valence-electron chi connectivity index (χ1n) is 11.2. The van der Waals surface area contributed by atoms with Crippen molar-refractivity contribution < 1.29 is 10.6 Å². The van der Waals surface area contributed by atoms with Gasteiger partial charge in [0.2, 0.25) is 5.75 Å². The number of piperazine rings is 2. The lowest BCUT2D eigenvalue weighted by Crippen LogP contribution is -2.62. The molecule has 0 aliphatic carbocycles. The Balaban J connectivity index is 0.00000300. The second-order valence-corrected chi connectivity index (χ2v) is 9.06. The second-order valence-electron chi connectivity index (χ2n) is 9.06. The summed E-state index contributed by atoms with van der Waals surface area (Å²) in [7, 11) is 0. The number of nitrogens with zero attached hydrogens (tertiary/aromatic N) is 4. The predicted octanol–water partition coefficient (Wildman–Crippen LogP) is 1.04. The number of hydrogen-bond donors (Lipinski definition) is 1. The lowest BCUT2D eigenvalue weighted by Gasteiger charge is -2.45. The summed E-state index contributed by atoms with van der Waals surface area (Å²) in [4.78, 5) is 20.2. The van der Waals surface area contributed by atoms with E-state index < -0.39 is 0 Å². The highest BCUT2D eigenvalue weighted by molar-refractivity contribution is 5.63. The largest absolute Gasteiger partial charge is 0.870 e. The number of rotatable bonds is 5. The van der Waals surface area contributed by atoms with Gasteiger partial charge in [-0.2, -0.15) is 0 Å². The Hall–Kier alpha value is -1.44. The minimum Gasteiger partial charge on any atom is -0.870 e. The molecule has 2 fully saturated rings. The van der Waals surface area contributed by atoms with Crippen LogP contribution >= 0.6 is 0 Å². The predicted molar refractivity (Wildman–Crippen MR) is 118 cm³/mol. The van der Waals surface area contributed by atoms with Gasteiger partial charge in [-0.3, -0.25) is 14.6 Å². The van der Waals surface area contributed by atoms with Crippen molar-refractivity contribution in [2.45, 2.75) is 78.6 Å². The molecule has 4 atom stereocenters. The first kappa shape index (κ1) is 23.8. The van der Waals surface area contributed by atoms with Gasteiger partial charge in [0.05, 0.1) is 12.1 Å². The van der Waals surface area contributed by atoms with E-state index in [-0.39, 0.29) is 16.7 Å². The summed E-state index contributed by atoms with van der Waals surface area (Å²) < 4.78 is 2.11. The van der Waals surface area contributed by atoms with Gasteiger partial charge in [0.15, 0.2) is 13.1 Å². The van der Waals surface area contributed by atoms with Gasteiger partial charge in [-0.05, 0) is 53.6 Å². The number of aromatic hydroxyl groups is 1. The van der Waals surface area contributed by atoms with Gasteiger partial charge in [0.25, 0.3) is 10.8 Å². The monoisotopic (exact) mass is 408 g/mol. The standard InChI is InChI=1S/C22H38N4O2.H2O/c1-7-9-25-15(3)11-23(12-16(25)4)19-21(27)20(22(19)28)24-13-17(5)26(10-8-2)18(6)14-24;/h15-18H,7-14H2,1-6H3;1H2/t15-,16+,17-,18+;. The van der Waals surface area contributed by atoms with Crippen LogP contribution in [0.15, 0.2) is 4.79 Å². The van der Waals surface area contributed by atoms with Gasteiger partial charge in [-0.15, -0.1) is 0 Å². The fourth-order valence-corrected chi connectivity index (χ4v) is 5.44. The molecule has 0 unspecified atom stereocenters. The summed E-state index contributed by atoms with van der Waals surface area (Å²) in [5.41, 5.74) is 0.574. The van der Waals surface area contributed by atoms with E-state index in [0.29, 0.717) is 35.2 Å². The highest BCUT2D eigenvalue weighted by Crippen LogP contribution is 2.26. The SMILES string of the molecule is CCCN1[C@H](C)CN(c2c(O)c(=[N+]3C[C@@H](C)N(CCC)[C@@H](C)C3)c2=O)C[C@@H]1C.[OH-]. The van der Waals surface area contributed by atoms with Crippen LogP contribution in [-0.4, -0.2) is 83.8 Å². The lowest BCUT2D eigenvalue weighted by molar-refractivity contribution is 0.102. The molecule has 0 spiro atoms. The molecule has 1 aromatic rings. The molecule has 0 aromatic heterocycles. The fraction of sp³-hybridized carbons (Fsp3) is 0.818. The molecule has 2 heterocycles. The summed E-state index contributed by atoms with van der Waals surface area (Å²) in [5, 5.41) is 11.4. The zero-order valence-corrected chi connectivity index (χ0v) is 19.1. The first-order valence-corrected chi connectivity index (χ1v) is 11.2. The van der Waals surface area contributed by atoms with Gasteiger partial charge in [0.1, 0.15) is 5.69 Å². The molecule has 2 saturated heterocycles. The van der Waals surface area contributed by atoms with Crippen LogP contribution in [-0.2, 0) is 0 Å². The Morgan fingerprint density at radius 1 is 0.897 bits per heavy atom. The molecule has 3 rings (SSSR count). The van der Waals surface area contributed by atoms with Crippen LogP contribution in [0.5, 0.6) is 5.75 Å². The van der Waals surface area contributed by atoms with Crippen molar-refractivity contribution in [1.82, 2.24) is 14.4 Å². The van der Waals surface area contributed by atoms with Crippen LogP contribution in [0.2, 0.25) is 0 Å². The smallest absolute Gasteiger partial charge is 0.294 e. The Morgan fingerprint density at radius 3 is 1.76 bits per heavy atom. The number of anilines is 1. The third-order valence-electron chi connectivity index (χ3n) is 6.68. The molecule has 7 heteroatoms. The van der Waals surface area contributed by atoms with Gasteiger partial charge in [-0.25, -0.2) is 4.58 Å². The molecule has 1 aromatic carbocycles. The highest BCUT2D eigenvalue weighted by Gasteiger charge is 2.39. The summed E-state index contributed by atoms with van der Waals surface area (Å²) in [6, 6.07) is 1.55. The Kier molecular flexibility index (Phi) is 7.87. The van der Waals surface area contributed by atoms with Crippen molar-refractivity contribution in [2.24, 2.45) is 0 Å². The van der Waals surface area contributed by atoms with Crippen LogP contribution < -0.4 is 20.3 Å². The number of hydrogen-bond acceptors (Lipinski definition) is 6. The molecule has 7 nitrogen and oxygen atoms in total. The van der Waals surface area contributed by atoms with Crippen LogP contribution in [0.3, 0.4) is 0 Å². The average Bonchev–Trinajstić information content (AvgIpc) is 2.61. The molecule has 29 heavy (non-hydrogen) atoms. The summed E-state index contributed by atoms with van der Waals surface area (Å²) in [6.07, 6.45) is 2.28. The molecule has 0 saturated carbocycles. The van der Waals surface area contributed by atoms with Crippen molar-refractivity contribution in [3.05, 3.63) is 15.6 Å². The van der Waals surface area contributed by atoms with E-state index in [1.807, 2.05) is 0 Å². The Morgan fingerprint density at radius 2 is 1.34 bits per heavy atom. The molecule has 0 radical (unpaired) electrons. The van der Waals surface area contributed by atoms with Gasteiger partial charge >= 0.3 is 0 Å². The van der Waals surface area contributed by atoms with Crippen molar-refractivity contribution >= 4 is 5.69 Å². The lowest BCUT2D eigenvalue weighted by atomic mass is 10.0. The first-order chi connectivity index (χ1) is 13.3. The summed E-state index contributed by atoms with van der Waals surface area (Å²) in [5.74, 6) is 0.219. The Bertz CT molecular complexity index is 745. The van der Waals surface area contributed by atoms with E-state index in [9.17, 15) is 9.90 Å². The van der Waals surface area contributed by atoms with Crippen molar-refractivity contribution in [1.29, 1.82) is 0 Å². The van der Waals surface area contributed by atoms with Gasteiger partial charge in [-0.1, -0.05) is 13.8 Å². The van der Waals surface area contributed by atoms with E-state index in [1.165, 1.54) is 0 Å².